The van der Waals surface area contributed by atoms with E-state index in [0.717, 1.165) is 35.9 Å². The average Bonchev–Trinajstić information content (AvgIpc) is 3.07. The zero-order valence-corrected chi connectivity index (χ0v) is 17.7. The number of aromatic nitrogens is 2. The predicted octanol–water partition coefficient (Wildman–Crippen LogP) is 1.71. The molecule has 0 fully saturated rings. The quantitative estimate of drug-likeness (QED) is 0.426. The Kier molecular flexibility index (Phi) is 8.21. The van der Waals surface area contributed by atoms with Gasteiger partial charge in [0.05, 0.1) is 24.6 Å². The normalized spacial score (nSPS) is 14.8. The zero-order valence-electron chi connectivity index (χ0n) is 16.9. The number of terminal acetylenes is 1. The van der Waals surface area contributed by atoms with Crippen molar-refractivity contribution >= 4 is 21.6 Å². The number of nitrogens with zero attached hydrogens (tertiary/aromatic N) is 2. The van der Waals surface area contributed by atoms with Crippen molar-refractivity contribution < 1.29 is 14.6 Å². The van der Waals surface area contributed by atoms with Gasteiger partial charge in [-0.2, -0.15) is 0 Å². The van der Waals surface area contributed by atoms with Gasteiger partial charge in [0.15, 0.2) is 0 Å². The van der Waals surface area contributed by atoms with Gasteiger partial charge in [-0.25, -0.2) is 4.98 Å². The maximum atomic E-state index is 12.8. The SMILES string of the molecule is C#CCOC[C@@H](O)CN(CCCOC)Cc1nc2sc3c(c2c(=O)[nH]1)CCCC3. The summed E-state index contributed by atoms with van der Waals surface area (Å²) in [7, 11) is 1.67. The first-order valence-electron chi connectivity index (χ1n) is 10.1. The summed E-state index contributed by atoms with van der Waals surface area (Å²) < 4.78 is 10.4. The van der Waals surface area contributed by atoms with Crippen molar-refractivity contribution in [3.8, 4) is 12.3 Å². The number of ether oxygens (including phenoxy) is 2. The van der Waals surface area contributed by atoms with Crippen LogP contribution in [-0.2, 0) is 28.9 Å². The lowest BCUT2D eigenvalue weighted by molar-refractivity contribution is 0.0239. The largest absolute Gasteiger partial charge is 0.389 e. The van der Waals surface area contributed by atoms with Crippen LogP contribution in [0.4, 0.5) is 0 Å². The summed E-state index contributed by atoms with van der Waals surface area (Å²) in [6.07, 6.45) is 9.63. The molecule has 158 valence electrons. The number of thiophene rings is 1. The molecule has 0 aliphatic heterocycles. The Morgan fingerprint density at radius 2 is 2.24 bits per heavy atom. The number of nitrogens with one attached hydrogen (secondary N) is 1. The number of hydrogen-bond acceptors (Lipinski definition) is 7. The fourth-order valence-electron chi connectivity index (χ4n) is 3.77. The van der Waals surface area contributed by atoms with Crippen LogP contribution >= 0.6 is 11.3 Å². The van der Waals surface area contributed by atoms with Crippen LogP contribution in [0.15, 0.2) is 4.79 Å². The number of fused-ring (bicyclic) bond motifs is 3. The van der Waals surface area contributed by atoms with Crippen LogP contribution in [0, 0.1) is 12.3 Å². The minimum atomic E-state index is -0.671. The molecule has 0 unspecified atom stereocenters. The second-order valence-electron chi connectivity index (χ2n) is 7.36. The third-order valence-electron chi connectivity index (χ3n) is 5.03. The van der Waals surface area contributed by atoms with E-state index in [2.05, 4.69) is 15.8 Å². The molecule has 7 nitrogen and oxygen atoms in total. The van der Waals surface area contributed by atoms with Crippen LogP contribution in [0.2, 0.25) is 0 Å². The van der Waals surface area contributed by atoms with E-state index in [0.29, 0.717) is 32.1 Å². The molecule has 29 heavy (non-hydrogen) atoms. The molecule has 0 saturated heterocycles. The van der Waals surface area contributed by atoms with Crippen LogP contribution in [0.25, 0.3) is 10.2 Å². The van der Waals surface area contributed by atoms with Crippen molar-refractivity contribution in [3.05, 3.63) is 26.6 Å². The number of aromatic amines is 1. The van der Waals surface area contributed by atoms with Crippen LogP contribution in [0.1, 0.15) is 35.5 Å². The van der Waals surface area contributed by atoms with Gasteiger partial charge in [-0.15, -0.1) is 17.8 Å². The number of aliphatic hydroxyl groups excluding tert-OH is 1. The van der Waals surface area contributed by atoms with Crippen molar-refractivity contribution in [2.24, 2.45) is 0 Å². The fraction of sp³-hybridized carbons (Fsp3) is 0.619. The molecule has 2 N–H and O–H groups in total. The Bertz CT molecular complexity index is 902. The van der Waals surface area contributed by atoms with Gasteiger partial charge in [0.25, 0.3) is 5.56 Å². The highest BCUT2D eigenvalue weighted by Crippen LogP contribution is 2.33. The number of aryl methyl sites for hydroxylation is 2. The van der Waals surface area contributed by atoms with Crippen LogP contribution in [-0.4, -0.2) is 66.1 Å². The smallest absolute Gasteiger partial charge is 0.259 e. The van der Waals surface area contributed by atoms with E-state index < -0.39 is 6.10 Å². The summed E-state index contributed by atoms with van der Waals surface area (Å²) in [5, 5.41) is 11.0. The minimum absolute atomic E-state index is 0.0563. The van der Waals surface area contributed by atoms with E-state index in [9.17, 15) is 9.90 Å². The molecule has 0 aromatic carbocycles. The third kappa shape index (κ3) is 5.87. The monoisotopic (exact) mass is 419 g/mol. The first-order chi connectivity index (χ1) is 14.1. The van der Waals surface area contributed by atoms with E-state index >= 15 is 0 Å². The van der Waals surface area contributed by atoms with Crippen molar-refractivity contribution in [2.75, 3.05) is 40.0 Å². The first-order valence-corrected chi connectivity index (χ1v) is 10.9. The zero-order chi connectivity index (χ0) is 20.6. The Morgan fingerprint density at radius 3 is 3.03 bits per heavy atom. The first kappa shape index (κ1) is 21.9. The van der Waals surface area contributed by atoms with Crippen LogP contribution in [0.3, 0.4) is 0 Å². The molecule has 1 aliphatic carbocycles. The second kappa shape index (κ2) is 10.9. The molecule has 1 atom stereocenters. The standard InChI is InChI=1S/C21H29N3O4S/c1-3-10-28-14-15(25)12-24(9-6-11-27-2)13-18-22-20(26)19-16-7-4-5-8-17(16)29-21(19)23-18/h1,15,25H,4-14H2,2H3,(H,22,23,26)/t15-/m0/s1. The molecule has 2 heterocycles. The maximum absolute atomic E-state index is 12.8. The van der Waals surface area contributed by atoms with Gasteiger partial charge in [-0.05, 0) is 37.7 Å². The van der Waals surface area contributed by atoms with E-state index in [1.807, 2.05) is 0 Å². The van der Waals surface area contributed by atoms with Crippen molar-refractivity contribution in [1.82, 2.24) is 14.9 Å². The molecule has 0 amide bonds. The summed E-state index contributed by atoms with van der Waals surface area (Å²) in [5.74, 6) is 3.01. The highest BCUT2D eigenvalue weighted by molar-refractivity contribution is 7.18. The Balaban J connectivity index is 1.74. The van der Waals surface area contributed by atoms with Gasteiger partial charge < -0.3 is 19.6 Å². The topological polar surface area (TPSA) is 87.7 Å². The molecule has 2 aromatic rings. The minimum Gasteiger partial charge on any atom is -0.389 e. The maximum Gasteiger partial charge on any atom is 0.259 e. The second-order valence-corrected chi connectivity index (χ2v) is 8.44. The molecule has 0 spiro atoms. The summed E-state index contributed by atoms with van der Waals surface area (Å²) in [6.45, 7) is 2.53. The summed E-state index contributed by atoms with van der Waals surface area (Å²) in [4.78, 5) is 24.6. The molecule has 0 saturated carbocycles. The highest BCUT2D eigenvalue weighted by Gasteiger charge is 2.21. The Hall–Kier alpha value is -1.76. The molecular weight excluding hydrogens is 390 g/mol. The van der Waals surface area contributed by atoms with Crippen molar-refractivity contribution in [1.29, 1.82) is 0 Å². The molecule has 8 heteroatoms. The van der Waals surface area contributed by atoms with Gasteiger partial charge >= 0.3 is 0 Å². The lowest BCUT2D eigenvalue weighted by Gasteiger charge is -2.24. The van der Waals surface area contributed by atoms with Gasteiger partial charge in [0, 0.05) is 31.7 Å². The van der Waals surface area contributed by atoms with Gasteiger partial charge in [-0.3, -0.25) is 9.69 Å². The van der Waals surface area contributed by atoms with E-state index in [1.54, 1.807) is 18.4 Å². The van der Waals surface area contributed by atoms with Gasteiger partial charge in [0.2, 0.25) is 0 Å². The molecular formula is C21H29N3O4S. The Morgan fingerprint density at radius 1 is 1.41 bits per heavy atom. The predicted molar refractivity (Wildman–Crippen MR) is 114 cm³/mol. The number of methoxy groups -OCH3 is 1. The lowest BCUT2D eigenvalue weighted by Crippen LogP contribution is -2.36. The van der Waals surface area contributed by atoms with Crippen LogP contribution < -0.4 is 5.56 Å². The van der Waals surface area contributed by atoms with E-state index in [1.165, 1.54) is 16.9 Å². The van der Waals surface area contributed by atoms with Crippen LogP contribution in [0.5, 0.6) is 0 Å². The Labute approximate surface area is 175 Å². The van der Waals surface area contributed by atoms with E-state index in [4.69, 9.17) is 20.9 Å². The molecule has 0 radical (unpaired) electrons. The lowest BCUT2D eigenvalue weighted by atomic mass is 9.97. The van der Waals surface area contributed by atoms with Crippen molar-refractivity contribution in [2.45, 2.75) is 44.8 Å². The average molecular weight is 420 g/mol. The molecule has 0 bridgehead atoms. The fourth-order valence-corrected chi connectivity index (χ4v) is 5.05. The molecule has 1 aliphatic rings. The molecule has 3 rings (SSSR count). The van der Waals surface area contributed by atoms with Gasteiger partial charge in [0.1, 0.15) is 17.3 Å². The number of hydrogen-bond donors (Lipinski definition) is 2. The summed E-state index contributed by atoms with van der Waals surface area (Å²) in [6, 6.07) is 0. The van der Waals surface area contributed by atoms with E-state index in [-0.39, 0.29) is 18.8 Å². The number of aliphatic hydroxyl groups is 1. The number of H-pyrrole nitrogens is 1. The van der Waals surface area contributed by atoms with Crippen molar-refractivity contribution in [3.63, 3.8) is 0 Å². The highest BCUT2D eigenvalue weighted by atomic mass is 32.1. The number of rotatable bonds is 11. The summed E-state index contributed by atoms with van der Waals surface area (Å²) in [5.41, 5.74) is 1.13. The summed E-state index contributed by atoms with van der Waals surface area (Å²) >= 11 is 1.65. The van der Waals surface area contributed by atoms with Gasteiger partial charge in [-0.1, -0.05) is 5.92 Å². The molecule has 2 aromatic heterocycles. The third-order valence-corrected chi connectivity index (χ3v) is 6.22.